The minimum Gasteiger partial charge on any atom is -0.454 e. The van der Waals surface area contributed by atoms with Crippen molar-refractivity contribution in [3.8, 4) is 0 Å². The number of rotatable bonds is 4. The Hall–Kier alpha value is -2.67. The Kier molecular flexibility index (Phi) is 3.65. The van der Waals surface area contributed by atoms with Crippen molar-refractivity contribution < 1.29 is 9.21 Å². The van der Waals surface area contributed by atoms with Crippen LogP contribution in [-0.2, 0) is 6.54 Å². The number of carbonyl (C=O) groups is 1. The van der Waals surface area contributed by atoms with Crippen LogP contribution in [0.4, 0.5) is 5.13 Å². The van der Waals surface area contributed by atoms with Gasteiger partial charge in [0, 0.05) is 23.8 Å². The molecular formula is C14H11N3O3S. The summed E-state index contributed by atoms with van der Waals surface area (Å²) >= 11 is 1.33. The number of aromatic nitrogens is 2. The summed E-state index contributed by atoms with van der Waals surface area (Å²) in [4.78, 5) is 27.5. The van der Waals surface area contributed by atoms with Gasteiger partial charge in [0.1, 0.15) is 5.76 Å². The predicted molar refractivity (Wildman–Crippen MR) is 78.6 cm³/mol. The molecule has 0 saturated carbocycles. The molecule has 0 saturated heterocycles. The molecule has 0 aromatic carbocycles. The summed E-state index contributed by atoms with van der Waals surface area (Å²) < 4.78 is 6.96. The van der Waals surface area contributed by atoms with E-state index in [1.807, 2.05) is 0 Å². The molecule has 0 aliphatic heterocycles. The van der Waals surface area contributed by atoms with E-state index in [0.717, 1.165) is 0 Å². The fraction of sp³-hybridized carbons (Fsp3) is 0.0714. The van der Waals surface area contributed by atoms with E-state index in [9.17, 15) is 9.59 Å². The Bertz CT molecular complexity index is 805. The Balaban J connectivity index is 1.73. The molecule has 106 valence electrons. The predicted octanol–water partition coefficient (Wildman–Crippen LogP) is 2.20. The van der Waals surface area contributed by atoms with E-state index in [2.05, 4.69) is 10.3 Å². The molecule has 0 unspecified atom stereocenters. The fourth-order valence-corrected chi connectivity index (χ4v) is 2.31. The quantitative estimate of drug-likeness (QED) is 0.801. The molecule has 1 N–H and O–H groups in total. The van der Waals surface area contributed by atoms with Crippen LogP contribution in [0.5, 0.6) is 0 Å². The Morgan fingerprint density at radius 1 is 1.33 bits per heavy atom. The van der Waals surface area contributed by atoms with Crippen molar-refractivity contribution in [2.24, 2.45) is 0 Å². The molecule has 0 aliphatic carbocycles. The first-order chi connectivity index (χ1) is 10.2. The maximum Gasteiger partial charge on any atom is 0.293 e. The van der Waals surface area contributed by atoms with Crippen LogP contribution in [0.25, 0.3) is 0 Å². The maximum absolute atomic E-state index is 11.9. The molecule has 0 fully saturated rings. The highest BCUT2D eigenvalue weighted by atomic mass is 32.1. The second kappa shape index (κ2) is 5.76. The number of thiazole rings is 1. The first kappa shape index (κ1) is 13.3. The Labute approximate surface area is 123 Å². The number of nitrogens with one attached hydrogen (secondary N) is 1. The van der Waals surface area contributed by atoms with Gasteiger partial charge in [-0.3, -0.25) is 14.9 Å². The molecule has 3 rings (SSSR count). The van der Waals surface area contributed by atoms with E-state index in [1.165, 1.54) is 22.0 Å². The normalized spacial score (nSPS) is 10.5. The summed E-state index contributed by atoms with van der Waals surface area (Å²) in [7, 11) is 0. The molecule has 6 nitrogen and oxygen atoms in total. The highest BCUT2D eigenvalue weighted by Crippen LogP contribution is 2.14. The lowest BCUT2D eigenvalue weighted by Gasteiger charge is -2.02. The van der Waals surface area contributed by atoms with E-state index < -0.39 is 0 Å². The van der Waals surface area contributed by atoms with Crippen LogP contribution in [0.15, 0.2) is 57.3 Å². The zero-order valence-electron chi connectivity index (χ0n) is 10.9. The molecular weight excluding hydrogens is 290 g/mol. The number of nitrogens with zero attached hydrogens (tertiary/aromatic N) is 2. The molecule has 0 aliphatic rings. The lowest BCUT2D eigenvalue weighted by atomic mass is 10.4. The van der Waals surface area contributed by atoms with E-state index in [1.54, 1.807) is 42.0 Å². The van der Waals surface area contributed by atoms with E-state index in [-0.39, 0.29) is 23.8 Å². The van der Waals surface area contributed by atoms with Crippen LogP contribution in [-0.4, -0.2) is 15.5 Å². The third-order valence-electron chi connectivity index (χ3n) is 2.76. The number of hydrogen-bond acceptors (Lipinski definition) is 5. The van der Waals surface area contributed by atoms with Gasteiger partial charge in [0.15, 0.2) is 10.9 Å². The largest absolute Gasteiger partial charge is 0.454 e. The van der Waals surface area contributed by atoms with Crippen LogP contribution in [0.3, 0.4) is 0 Å². The highest BCUT2D eigenvalue weighted by molar-refractivity contribution is 7.13. The number of amides is 1. The Morgan fingerprint density at radius 3 is 3.00 bits per heavy atom. The summed E-state index contributed by atoms with van der Waals surface area (Å²) in [5.74, 6) is 0.355. The van der Waals surface area contributed by atoms with Crippen molar-refractivity contribution >= 4 is 22.4 Å². The lowest BCUT2D eigenvalue weighted by Crippen LogP contribution is -2.18. The topological polar surface area (TPSA) is 77.1 Å². The van der Waals surface area contributed by atoms with Gasteiger partial charge in [0.05, 0.1) is 6.54 Å². The van der Waals surface area contributed by atoms with Gasteiger partial charge in [-0.05, 0) is 18.2 Å². The monoisotopic (exact) mass is 301 g/mol. The molecule has 3 heterocycles. The number of furan rings is 1. The van der Waals surface area contributed by atoms with Crippen molar-refractivity contribution in [3.05, 3.63) is 70.0 Å². The zero-order chi connectivity index (χ0) is 14.7. The lowest BCUT2D eigenvalue weighted by molar-refractivity contribution is 0.0994. The van der Waals surface area contributed by atoms with Crippen molar-refractivity contribution in [2.45, 2.75) is 6.54 Å². The first-order valence-electron chi connectivity index (χ1n) is 6.17. The van der Waals surface area contributed by atoms with Crippen LogP contribution in [0.2, 0.25) is 0 Å². The molecule has 0 atom stereocenters. The number of pyridine rings is 1. The average Bonchev–Trinajstić information content (AvgIpc) is 3.13. The number of carbonyl (C=O) groups excluding carboxylic acids is 1. The van der Waals surface area contributed by atoms with Gasteiger partial charge >= 0.3 is 0 Å². The van der Waals surface area contributed by atoms with Crippen molar-refractivity contribution in [2.75, 3.05) is 5.32 Å². The van der Waals surface area contributed by atoms with Gasteiger partial charge in [-0.2, -0.15) is 0 Å². The summed E-state index contributed by atoms with van der Waals surface area (Å²) in [6, 6.07) is 8.16. The molecule has 7 heteroatoms. The summed E-state index contributed by atoms with van der Waals surface area (Å²) in [5, 5.41) is 4.91. The fourth-order valence-electron chi connectivity index (χ4n) is 1.79. The summed E-state index contributed by atoms with van der Waals surface area (Å²) in [5.41, 5.74) is -0.123. The number of anilines is 1. The second-order valence-corrected chi connectivity index (χ2v) is 5.12. The molecule has 0 spiro atoms. The smallest absolute Gasteiger partial charge is 0.293 e. The standard InChI is InChI=1S/C14H11N3O3S/c18-12-3-1-2-7-17(12)9-10-4-5-11(20-10)13(19)16-14-15-6-8-21-14/h1-8H,9H2,(H,15,16,19). The molecule has 1 amide bonds. The third kappa shape index (κ3) is 3.09. The Morgan fingerprint density at radius 2 is 2.24 bits per heavy atom. The number of hydrogen-bond donors (Lipinski definition) is 1. The van der Waals surface area contributed by atoms with Gasteiger partial charge in [-0.25, -0.2) is 4.98 Å². The van der Waals surface area contributed by atoms with Crippen LogP contribution >= 0.6 is 11.3 Å². The van der Waals surface area contributed by atoms with E-state index in [0.29, 0.717) is 10.9 Å². The molecule has 3 aromatic rings. The van der Waals surface area contributed by atoms with Gasteiger partial charge in [-0.15, -0.1) is 11.3 Å². The minimum atomic E-state index is -0.364. The maximum atomic E-state index is 11.9. The van der Waals surface area contributed by atoms with Gasteiger partial charge in [-0.1, -0.05) is 6.07 Å². The second-order valence-electron chi connectivity index (χ2n) is 4.22. The summed E-state index contributed by atoms with van der Waals surface area (Å²) in [6.45, 7) is 0.282. The van der Waals surface area contributed by atoms with Gasteiger partial charge in [0.2, 0.25) is 0 Å². The van der Waals surface area contributed by atoms with E-state index >= 15 is 0 Å². The molecule has 0 radical (unpaired) electrons. The third-order valence-corrected chi connectivity index (χ3v) is 3.45. The first-order valence-corrected chi connectivity index (χ1v) is 7.05. The van der Waals surface area contributed by atoms with Crippen LogP contribution < -0.4 is 10.9 Å². The molecule has 3 aromatic heterocycles. The van der Waals surface area contributed by atoms with Crippen LogP contribution in [0, 0.1) is 0 Å². The van der Waals surface area contributed by atoms with Crippen molar-refractivity contribution in [1.82, 2.24) is 9.55 Å². The van der Waals surface area contributed by atoms with Crippen LogP contribution in [0.1, 0.15) is 16.3 Å². The SMILES string of the molecule is O=C(Nc1nccs1)c1ccc(Cn2ccccc2=O)o1. The minimum absolute atomic E-state index is 0.123. The molecule has 21 heavy (non-hydrogen) atoms. The zero-order valence-corrected chi connectivity index (χ0v) is 11.7. The molecule has 0 bridgehead atoms. The average molecular weight is 301 g/mol. The van der Waals surface area contributed by atoms with Gasteiger partial charge in [0.25, 0.3) is 11.5 Å². The van der Waals surface area contributed by atoms with E-state index in [4.69, 9.17) is 4.42 Å². The van der Waals surface area contributed by atoms with Gasteiger partial charge < -0.3 is 8.98 Å². The highest BCUT2D eigenvalue weighted by Gasteiger charge is 2.12. The van der Waals surface area contributed by atoms with Crippen molar-refractivity contribution in [3.63, 3.8) is 0 Å². The van der Waals surface area contributed by atoms with Crippen molar-refractivity contribution in [1.29, 1.82) is 0 Å². The summed E-state index contributed by atoms with van der Waals surface area (Å²) in [6.07, 6.45) is 3.27.